The van der Waals surface area contributed by atoms with E-state index in [4.69, 9.17) is 0 Å². The van der Waals surface area contributed by atoms with Gasteiger partial charge in [0.25, 0.3) is 5.91 Å². The quantitative estimate of drug-likeness (QED) is 0.731. The average Bonchev–Trinajstić information content (AvgIpc) is 3.33. The molecular weight excluding hydrogens is 362 g/mol. The Labute approximate surface area is 160 Å². The molecule has 2 N–H and O–H groups in total. The Bertz CT molecular complexity index is 956. The maximum Gasteiger partial charge on any atom is 0.279 e. The minimum Gasteiger partial charge on any atom is -0.320 e. The Balaban J connectivity index is 1.55. The molecule has 1 amide bonds. The number of para-hydroxylation sites is 1. The largest absolute Gasteiger partial charge is 0.320 e. The van der Waals surface area contributed by atoms with Crippen molar-refractivity contribution >= 4 is 34.3 Å². The van der Waals surface area contributed by atoms with Crippen LogP contribution >= 0.6 is 22.7 Å². The van der Waals surface area contributed by atoms with Crippen LogP contribution in [-0.2, 0) is 11.2 Å². The zero-order valence-electron chi connectivity index (χ0n) is 14.1. The van der Waals surface area contributed by atoms with Crippen molar-refractivity contribution in [2.75, 3.05) is 18.4 Å². The third-order valence-corrected chi connectivity index (χ3v) is 6.64. The fraction of sp³-hybridized carbons (Fsp3) is 0.200. The minimum atomic E-state index is -0.0528. The van der Waals surface area contributed by atoms with Gasteiger partial charge in [-0.2, -0.15) is 5.26 Å². The Hall–Kier alpha value is -2.46. The summed E-state index contributed by atoms with van der Waals surface area (Å²) in [5, 5.41) is 16.4. The molecule has 0 fully saturated rings. The molecule has 0 spiro atoms. The smallest absolute Gasteiger partial charge is 0.279 e. The molecule has 2 aromatic heterocycles. The highest BCUT2D eigenvalue weighted by Gasteiger charge is 2.35. The lowest BCUT2D eigenvalue weighted by molar-refractivity contribution is -0.919. The molecule has 6 heteroatoms. The minimum absolute atomic E-state index is 0.0528. The van der Waals surface area contributed by atoms with E-state index in [1.807, 2.05) is 17.4 Å². The molecule has 0 bridgehead atoms. The fourth-order valence-corrected chi connectivity index (χ4v) is 5.36. The number of nitrogens with one attached hydrogen (secondary N) is 2. The number of hydrogen-bond acceptors (Lipinski definition) is 4. The van der Waals surface area contributed by atoms with Crippen LogP contribution in [0, 0.1) is 11.3 Å². The summed E-state index contributed by atoms with van der Waals surface area (Å²) in [4.78, 5) is 16.7. The van der Waals surface area contributed by atoms with Gasteiger partial charge in [0.1, 0.15) is 12.1 Å². The van der Waals surface area contributed by atoms with Gasteiger partial charge in [-0.15, -0.1) is 22.7 Å². The van der Waals surface area contributed by atoms with Gasteiger partial charge in [-0.1, -0.05) is 18.2 Å². The highest BCUT2D eigenvalue weighted by atomic mass is 32.1. The first-order chi connectivity index (χ1) is 12.8. The van der Waals surface area contributed by atoms with E-state index in [1.165, 1.54) is 20.2 Å². The normalized spacial score (nSPS) is 18.7. The second-order valence-electron chi connectivity index (χ2n) is 6.29. The Morgan fingerprint density at radius 2 is 2.08 bits per heavy atom. The average molecular weight is 381 g/mol. The zero-order valence-corrected chi connectivity index (χ0v) is 15.7. The first kappa shape index (κ1) is 17.0. The number of anilines is 1. The molecule has 1 aliphatic heterocycles. The van der Waals surface area contributed by atoms with Crippen molar-refractivity contribution in [1.82, 2.24) is 0 Å². The number of fused-ring (bicyclic) bond motifs is 1. The first-order valence-corrected chi connectivity index (χ1v) is 10.3. The number of nitriles is 1. The number of amides is 1. The van der Waals surface area contributed by atoms with Crippen molar-refractivity contribution in [3.05, 3.63) is 74.1 Å². The number of benzene rings is 1. The summed E-state index contributed by atoms with van der Waals surface area (Å²) in [5.41, 5.74) is 2.42. The molecule has 2 atom stereocenters. The maximum atomic E-state index is 12.7. The van der Waals surface area contributed by atoms with Crippen LogP contribution in [0.5, 0.6) is 0 Å². The third kappa shape index (κ3) is 3.29. The summed E-state index contributed by atoms with van der Waals surface area (Å²) in [5.74, 6) is -0.0528. The number of carbonyl (C=O) groups excluding carboxylic acids is 1. The van der Waals surface area contributed by atoms with Crippen molar-refractivity contribution in [2.45, 2.75) is 12.5 Å². The molecule has 1 aromatic carbocycles. The lowest BCUT2D eigenvalue weighted by atomic mass is 9.98. The van der Waals surface area contributed by atoms with Crippen LogP contribution in [0.15, 0.2) is 53.2 Å². The number of hydrogen-bond donors (Lipinski definition) is 2. The molecule has 1 unspecified atom stereocenters. The van der Waals surface area contributed by atoms with E-state index >= 15 is 0 Å². The van der Waals surface area contributed by atoms with Gasteiger partial charge in [0.05, 0.1) is 22.7 Å². The van der Waals surface area contributed by atoms with Gasteiger partial charge < -0.3 is 10.2 Å². The SMILES string of the molecule is N#Cc1ccccc1NC(=O)C[NH+]1CCc2sccc2[C@H]1c1cccs1. The standard InChI is InChI=1S/C20H17N3OS2/c21-12-14-4-1-2-5-16(14)22-19(24)13-23-9-7-17-15(8-11-26-17)20(23)18-6-3-10-25-18/h1-6,8,10-11,20H,7,9,13H2,(H,22,24)/p+1/t20-/m0/s1. The molecule has 26 heavy (non-hydrogen) atoms. The van der Waals surface area contributed by atoms with Crippen LogP contribution in [0.4, 0.5) is 5.69 Å². The van der Waals surface area contributed by atoms with E-state index < -0.39 is 0 Å². The van der Waals surface area contributed by atoms with Crippen LogP contribution < -0.4 is 10.2 Å². The molecular formula is C20H18N3OS2+. The monoisotopic (exact) mass is 380 g/mol. The van der Waals surface area contributed by atoms with E-state index in [9.17, 15) is 10.1 Å². The van der Waals surface area contributed by atoms with Gasteiger partial charge in [-0.05, 0) is 35.0 Å². The molecule has 4 nitrogen and oxygen atoms in total. The lowest BCUT2D eigenvalue weighted by Crippen LogP contribution is -3.14. The van der Waals surface area contributed by atoms with Crippen LogP contribution in [0.1, 0.15) is 26.9 Å². The highest BCUT2D eigenvalue weighted by molar-refractivity contribution is 7.10. The number of carbonyl (C=O) groups is 1. The zero-order chi connectivity index (χ0) is 17.9. The molecule has 3 heterocycles. The second kappa shape index (κ2) is 7.42. The fourth-order valence-electron chi connectivity index (χ4n) is 3.54. The summed E-state index contributed by atoms with van der Waals surface area (Å²) in [6, 6.07) is 15.9. The number of nitrogens with zero attached hydrogens (tertiary/aromatic N) is 1. The van der Waals surface area contributed by atoms with Gasteiger partial charge in [0.15, 0.2) is 6.54 Å². The Morgan fingerprint density at radius 1 is 1.19 bits per heavy atom. The predicted octanol–water partition coefficient (Wildman–Crippen LogP) is 2.85. The van der Waals surface area contributed by atoms with Crippen LogP contribution in [0.2, 0.25) is 0 Å². The van der Waals surface area contributed by atoms with Gasteiger partial charge in [-0.3, -0.25) is 4.79 Å². The van der Waals surface area contributed by atoms with E-state index in [0.29, 0.717) is 17.8 Å². The van der Waals surface area contributed by atoms with Gasteiger partial charge in [0.2, 0.25) is 0 Å². The molecule has 0 saturated carbocycles. The first-order valence-electron chi connectivity index (χ1n) is 8.49. The molecule has 0 aliphatic carbocycles. The highest BCUT2D eigenvalue weighted by Crippen LogP contribution is 2.31. The van der Waals surface area contributed by atoms with Crippen molar-refractivity contribution < 1.29 is 9.69 Å². The summed E-state index contributed by atoms with van der Waals surface area (Å²) < 4.78 is 0. The van der Waals surface area contributed by atoms with E-state index in [-0.39, 0.29) is 11.9 Å². The topological polar surface area (TPSA) is 57.3 Å². The van der Waals surface area contributed by atoms with E-state index in [1.54, 1.807) is 29.5 Å². The molecule has 130 valence electrons. The Kier molecular flexibility index (Phi) is 4.85. The van der Waals surface area contributed by atoms with E-state index in [0.717, 1.165) is 13.0 Å². The second-order valence-corrected chi connectivity index (χ2v) is 8.27. The molecule has 4 rings (SSSR count). The van der Waals surface area contributed by atoms with Crippen molar-refractivity contribution in [3.63, 3.8) is 0 Å². The summed E-state index contributed by atoms with van der Waals surface area (Å²) in [6.45, 7) is 1.32. The van der Waals surface area contributed by atoms with Crippen LogP contribution in [0.3, 0.4) is 0 Å². The van der Waals surface area contributed by atoms with E-state index in [2.05, 4.69) is 40.3 Å². The van der Waals surface area contributed by atoms with Crippen molar-refractivity contribution in [2.24, 2.45) is 0 Å². The van der Waals surface area contributed by atoms with Crippen LogP contribution in [-0.4, -0.2) is 19.0 Å². The van der Waals surface area contributed by atoms with Crippen LogP contribution in [0.25, 0.3) is 0 Å². The van der Waals surface area contributed by atoms with Gasteiger partial charge in [-0.25, -0.2) is 0 Å². The summed E-state index contributed by atoms with van der Waals surface area (Å²) in [7, 11) is 0. The lowest BCUT2D eigenvalue weighted by Gasteiger charge is -2.31. The van der Waals surface area contributed by atoms with Gasteiger partial charge >= 0.3 is 0 Å². The Morgan fingerprint density at radius 3 is 2.88 bits per heavy atom. The number of thiophene rings is 2. The summed E-state index contributed by atoms with van der Waals surface area (Å²) >= 11 is 3.56. The maximum absolute atomic E-state index is 12.7. The van der Waals surface area contributed by atoms with Crippen molar-refractivity contribution in [3.8, 4) is 6.07 Å². The third-order valence-electron chi connectivity index (χ3n) is 4.71. The van der Waals surface area contributed by atoms with Gasteiger partial charge in [0, 0.05) is 16.9 Å². The molecule has 0 saturated heterocycles. The number of rotatable bonds is 4. The molecule has 0 radical (unpaired) electrons. The number of quaternary nitrogens is 1. The van der Waals surface area contributed by atoms with Crippen molar-refractivity contribution in [1.29, 1.82) is 5.26 Å². The molecule has 3 aromatic rings. The summed E-state index contributed by atoms with van der Waals surface area (Å²) in [6.07, 6.45) is 1.01. The molecule has 1 aliphatic rings. The predicted molar refractivity (Wildman–Crippen MR) is 105 cm³/mol.